The highest BCUT2D eigenvalue weighted by molar-refractivity contribution is 8.77. The van der Waals surface area contributed by atoms with Crippen LogP contribution in [0.25, 0.3) is 0 Å². The molecule has 1 aliphatic rings. The third kappa shape index (κ3) is 4.97. The number of rotatable bonds is 4. The molecule has 1 heterocycles. The zero-order valence-electron chi connectivity index (χ0n) is 10.1. The van der Waals surface area contributed by atoms with E-state index in [0.29, 0.717) is 10.2 Å². The van der Waals surface area contributed by atoms with Crippen molar-refractivity contribution < 1.29 is 0 Å². The molecule has 1 fully saturated rings. The van der Waals surface area contributed by atoms with E-state index in [2.05, 4.69) is 49.3 Å². The lowest BCUT2D eigenvalue weighted by molar-refractivity contribution is 0.353. The molecule has 0 aromatic heterocycles. The molecule has 0 unspecified atom stereocenters. The van der Waals surface area contributed by atoms with E-state index in [0.717, 1.165) is 0 Å². The summed E-state index contributed by atoms with van der Waals surface area (Å²) in [5.74, 6) is 1.36. The summed E-state index contributed by atoms with van der Waals surface area (Å²) in [6, 6.07) is 0. The van der Waals surface area contributed by atoms with Crippen LogP contribution >= 0.6 is 21.6 Å². The van der Waals surface area contributed by atoms with Crippen molar-refractivity contribution in [3.05, 3.63) is 0 Å². The van der Waals surface area contributed by atoms with Crippen LogP contribution in [-0.2, 0) is 0 Å². The maximum atomic E-state index is 2.44. The topological polar surface area (TPSA) is 0 Å². The van der Waals surface area contributed by atoms with E-state index < -0.39 is 0 Å². The summed E-state index contributed by atoms with van der Waals surface area (Å²) >= 11 is 0. The molecule has 14 heavy (non-hydrogen) atoms. The largest absolute Gasteiger partial charge is 0.0935 e. The molecule has 1 aliphatic heterocycles. The fourth-order valence-corrected chi connectivity index (χ4v) is 5.10. The van der Waals surface area contributed by atoms with Crippen molar-refractivity contribution >= 4 is 21.6 Å². The Kier molecular flexibility index (Phi) is 4.70. The quantitative estimate of drug-likeness (QED) is 0.486. The van der Waals surface area contributed by atoms with Crippen LogP contribution in [0.3, 0.4) is 0 Å². The highest BCUT2D eigenvalue weighted by Crippen LogP contribution is 2.49. The van der Waals surface area contributed by atoms with Crippen LogP contribution < -0.4 is 0 Å². The van der Waals surface area contributed by atoms with Gasteiger partial charge in [-0.1, -0.05) is 55.2 Å². The average molecular weight is 232 g/mol. The van der Waals surface area contributed by atoms with Crippen LogP contribution in [0.1, 0.15) is 59.8 Å². The summed E-state index contributed by atoms with van der Waals surface area (Å²) in [7, 11) is 4.18. The van der Waals surface area contributed by atoms with Crippen LogP contribution in [0.5, 0.6) is 0 Å². The van der Waals surface area contributed by atoms with Gasteiger partial charge in [0.05, 0.1) is 0 Å². The molecule has 1 atom stereocenters. The predicted octanol–water partition coefficient (Wildman–Crippen LogP) is 5.14. The molecular formula is C12H24S2. The van der Waals surface area contributed by atoms with Gasteiger partial charge in [-0.05, 0) is 31.6 Å². The van der Waals surface area contributed by atoms with Gasteiger partial charge in [-0.2, -0.15) is 0 Å². The molecule has 0 nitrogen and oxygen atoms in total. The van der Waals surface area contributed by atoms with Crippen molar-refractivity contribution in [3.63, 3.8) is 0 Å². The van der Waals surface area contributed by atoms with Gasteiger partial charge in [0.15, 0.2) is 0 Å². The molecule has 84 valence electrons. The summed E-state index contributed by atoms with van der Waals surface area (Å²) < 4.78 is 0.600. The number of hydrogen-bond donors (Lipinski definition) is 0. The summed E-state index contributed by atoms with van der Waals surface area (Å²) in [6.07, 6.45) is 7.03. The lowest BCUT2D eigenvalue weighted by Gasteiger charge is -2.23. The lowest BCUT2D eigenvalue weighted by Crippen LogP contribution is -2.16. The third-order valence-corrected chi connectivity index (χ3v) is 6.22. The monoisotopic (exact) mass is 232 g/mol. The maximum absolute atomic E-state index is 2.44. The van der Waals surface area contributed by atoms with Crippen LogP contribution in [0.2, 0.25) is 0 Å². The molecule has 0 aromatic rings. The molecule has 0 aromatic carbocycles. The van der Waals surface area contributed by atoms with E-state index in [1.54, 1.807) is 0 Å². The second-order valence-electron chi connectivity index (χ2n) is 5.87. The highest BCUT2D eigenvalue weighted by Gasteiger charge is 2.29. The Balaban J connectivity index is 2.09. The van der Waals surface area contributed by atoms with E-state index in [4.69, 9.17) is 0 Å². The van der Waals surface area contributed by atoms with E-state index in [9.17, 15) is 0 Å². The van der Waals surface area contributed by atoms with Crippen LogP contribution in [0.15, 0.2) is 0 Å². The van der Waals surface area contributed by atoms with Crippen LogP contribution in [0.4, 0.5) is 0 Å². The Hall–Kier alpha value is 0.700. The van der Waals surface area contributed by atoms with Gasteiger partial charge in [-0.25, -0.2) is 0 Å². The molecule has 0 N–H and O–H groups in total. The lowest BCUT2D eigenvalue weighted by atomic mass is 9.88. The Morgan fingerprint density at radius 2 is 1.93 bits per heavy atom. The summed E-state index contributed by atoms with van der Waals surface area (Å²) in [4.78, 5) is 0. The molecule has 1 saturated heterocycles. The third-order valence-electron chi connectivity index (χ3n) is 2.86. The molecule has 2 heteroatoms. The van der Waals surface area contributed by atoms with Crippen molar-refractivity contribution in [2.24, 2.45) is 5.41 Å². The molecule has 0 radical (unpaired) electrons. The molecule has 1 rings (SSSR count). The first kappa shape index (κ1) is 12.8. The molecule has 0 aliphatic carbocycles. The van der Waals surface area contributed by atoms with Gasteiger partial charge < -0.3 is 0 Å². The van der Waals surface area contributed by atoms with Gasteiger partial charge in [0.2, 0.25) is 0 Å². The van der Waals surface area contributed by atoms with Gasteiger partial charge in [-0.3, -0.25) is 0 Å². The average Bonchev–Trinajstić information content (AvgIpc) is 2.45. The fourth-order valence-electron chi connectivity index (χ4n) is 1.80. The minimum atomic E-state index is 0.526. The smallest absolute Gasteiger partial charge is 0.0243 e. The molecular weight excluding hydrogens is 208 g/mol. The number of unbranched alkanes of at least 4 members (excludes halogenated alkanes) is 1. The van der Waals surface area contributed by atoms with Crippen molar-refractivity contribution in [3.8, 4) is 0 Å². The normalized spacial score (nSPS) is 28.3. The summed E-state index contributed by atoms with van der Waals surface area (Å²) in [5.41, 5.74) is 0.526. The van der Waals surface area contributed by atoms with Crippen LogP contribution in [-0.4, -0.2) is 10.5 Å². The maximum Gasteiger partial charge on any atom is 0.0243 e. The van der Waals surface area contributed by atoms with Gasteiger partial charge in [0.25, 0.3) is 0 Å². The first-order valence-electron chi connectivity index (χ1n) is 5.72. The van der Waals surface area contributed by atoms with Gasteiger partial charge >= 0.3 is 0 Å². The SMILES string of the molecule is CC(C)(C)CCCC[C@]1(C)CCSS1. The van der Waals surface area contributed by atoms with Crippen molar-refractivity contribution in [1.29, 1.82) is 0 Å². The van der Waals surface area contributed by atoms with Crippen molar-refractivity contribution in [1.82, 2.24) is 0 Å². The van der Waals surface area contributed by atoms with E-state index >= 15 is 0 Å². The minimum absolute atomic E-state index is 0.526. The standard InChI is InChI=1S/C12H24S2/c1-11(2,3)7-5-6-8-12(4)9-10-13-14-12/h5-10H2,1-4H3/t12-/m1/s1. The van der Waals surface area contributed by atoms with E-state index in [-0.39, 0.29) is 0 Å². The Bertz CT molecular complexity index is 164. The zero-order valence-corrected chi connectivity index (χ0v) is 11.7. The van der Waals surface area contributed by atoms with Crippen molar-refractivity contribution in [2.75, 3.05) is 5.75 Å². The predicted molar refractivity (Wildman–Crippen MR) is 71.0 cm³/mol. The zero-order chi connectivity index (χ0) is 10.7. The van der Waals surface area contributed by atoms with Gasteiger partial charge in [-0.15, -0.1) is 0 Å². The first-order chi connectivity index (χ1) is 6.41. The van der Waals surface area contributed by atoms with Gasteiger partial charge in [0.1, 0.15) is 0 Å². The second-order valence-corrected chi connectivity index (χ2v) is 8.88. The summed E-state index contributed by atoms with van der Waals surface area (Å²) in [5, 5.41) is 0. The Morgan fingerprint density at radius 1 is 1.21 bits per heavy atom. The van der Waals surface area contributed by atoms with Gasteiger partial charge in [0, 0.05) is 10.5 Å². The minimum Gasteiger partial charge on any atom is -0.0935 e. The molecule has 0 bridgehead atoms. The Morgan fingerprint density at radius 3 is 2.43 bits per heavy atom. The Labute approximate surface area is 97.4 Å². The molecule has 0 spiro atoms. The second kappa shape index (κ2) is 5.16. The molecule has 0 amide bonds. The highest BCUT2D eigenvalue weighted by atomic mass is 33.1. The number of hydrogen-bond acceptors (Lipinski definition) is 2. The van der Waals surface area contributed by atoms with E-state index in [1.807, 2.05) is 0 Å². The first-order valence-corrected chi connectivity index (χ1v) is 8.04. The van der Waals surface area contributed by atoms with E-state index in [1.165, 1.54) is 37.9 Å². The van der Waals surface area contributed by atoms with Crippen molar-refractivity contribution in [2.45, 2.75) is 64.5 Å². The molecule has 0 saturated carbocycles. The summed E-state index contributed by atoms with van der Waals surface area (Å²) in [6.45, 7) is 9.47. The fraction of sp³-hybridized carbons (Fsp3) is 1.00. The van der Waals surface area contributed by atoms with Crippen LogP contribution in [0, 0.1) is 5.41 Å².